The molecule has 7 heteroatoms. The number of para-hydroxylation sites is 1. The van der Waals surface area contributed by atoms with Crippen LogP contribution >= 0.6 is 11.6 Å². The van der Waals surface area contributed by atoms with Crippen molar-refractivity contribution < 1.29 is 19.1 Å². The molecule has 2 aromatic carbocycles. The van der Waals surface area contributed by atoms with Crippen molar-refractivity contribution in [2.24, 2.45) is 0 Å². The fourth-order valence-electron chi connectivity index (χ4n) is 2.98. The summed E-state index contributed by atoms with van der Waals surface area (Å²) >= 11 is 5.83. The Morgan fingerprint density at radius 3 is 2.47 bits per heavy atom. The largest absolute Gasteiger partial charge is 0.508 e. The molecule has 0 saturated carbocycles. The molecule has 2 amide bonds. The number of carbonyl (C=O) groups excluding carboxylic acids is 2. The standard InChI is InChI=1S/C23H23ClN2O4/c24-19-11-9-17(10-12-19)23(29)25-13-3-8-22(28)26(16-20-6-4-14-30-20)15-18-5-1-2-7-21(18)27/h1-2,4-7,9-12,14,27H,3,8,13,15-16H2,(H,25,29). The first kappa shape index (κ1) is 21.5. The lowest BCUT2D eigenvalue weighted by molar-refractivity contribution is -0.132. The van der Waals surface area contributed by atoms with Gasteiger partial charge in [-0.15, -0.1) is 0 Å². The number of benzene rings is 2. The molecule has 0 unspecified atom stereocenters. The normalized spacial score (nSPS) is 10.6. The van der Waals surface area contributed by atoms with E-state index in [1.165, 1.54) is 0 Å². The number of aromatic hydroxyl groups is 1. The fourth-order valence-corrected chi connectivity index (χ4v) is 3.10. The zero-order chi connectivity index (χ0) is 21.3. The van der Waals surface area contributed by atoms with Crippen LogP contribution < -0.4 is 5.32 Å². The quantitative estimate of drug-likeness (QED) is 0.497. The van der Waals surface area contributed by atoms with Crippen molar-refractivity contribution in [2.75, 3.05) is 6.54 Å². The van der Waals surface area contributed by atoms with Crippen LogP contribution in [0, 0.1) is 0 Å². The molecule has 156 valence electrons. The number of amides is 2. The highest BCUT2D eigenvalue weighted by Gasteiger charge is 2.17. The van der Waals surface area contributed by atoms with Gasteiger partial charge < -0.3 is 19.7 Å². The van der Waals surface area contributed by atoms with Gasteiger partial charge in [0, 0.05) is 35.7 Å². The summed E-state index contributed by atoms with van der Waals surface area (Å²) in [6, 6.07) is 17.1. The molecule has 0 aliphatic carbocycles. The number of hydrogen-bond donors (Lipinski definition) is 2. The molecule has 1 heterocycles. The van der Waals surface area contributed by atoms with Crippen LogP contribution in [0.5, 0.6) is 5.75 Å². The fraction of sp³-hybridized carbons (Fsp3) is 0.217. The smallest absolute Gasteiger partial charge is 0.251 e. The molecule has 0 atom stereocenters. The molecule has 0 spiro atoms. The molecule has 0 fully saturated rings. The Morgan fingerprint density at radius 2 is 1.77 bits per heavy atom. The van der Waals surface area contributed by atoms with E-state index >= 15 is 0 Å². The van der Waals surface area contributed by atoms with Crippen LogP contribution in [-0.4, -0.2) is 28.4 Å². The van der Waals surface area contributed by atoms with Crippen LogP contribution in [0.2, 0.25) is 5.02 Å². The molecule has 6 nitrogen and oxygen atoms in total. The van der Waals surface area contributed by atoms with Gasteiger partial charge in [-0.3, -0.25) is 9.59 Å². The van der Waals surface area contributed by atoms with Gasteiger partial charge in [-0.25, -0.2) is 0 Å². The van der Waals surface area contributed by atoms with Gasteiger partial charge in [-0.05, 0) is 48.9 Å². The predicted molar refractivity (Wildman–Crippen MR) is 114 cm³/mol. The minimum Gasteiger partial charge on any atom is -0.508 e. The van der Waals surface area contributed by atoms with Crippen LogP contribution in [0.15, 0.2) is 71.3 Å². The monoisotopic (exact) mass is 426 g/mol. The summed E-state index contributed by atoms with van der Waals surface area (Å²) in [5.41, 5.74) is 1.18. The first-order valence-electron chi connectivity index (χ1n) is 9.63. The Labute approximate surface area is 180 Å². The first-order chi connectivity index (χ1) is 14.5. The number of halogens is 1. The molecule has 30 heavy (non-hydrogen) atoms. The van der Waals surface area contributed by atoms with Crippen LogP contribution in [0.3, 0.4) is 0 Å². The maximum absolute atomic E-state index is 12.8. The number of carbonyl (C=O) groups is 2. The van der Waals surface area contributed by atoms with E-state index in [2.05, 4.69) is 5.32 Å². The second kappa shape index (κ2) is 10.5. The van der Waals surface area contributed by atoms with Crippen LogP contribution in [0.1, 0.15) is 34.5 Å². The summed E-state index contributed by atoms with van der Waals surface area (Å²) in [5, 5.41) is 13.4. The van der Waals surface area contributed by atoms with Gasteiger partial charge in [0.1, 0.15) is 11.5 Å². The van der Waals surface area contributed by atoms with Crippen LogP contribution in [0.25, 0.3) is 0 Å². The summed E-state index contributed by atoms with van der Waals surface area (Å²) in [4.78, 5) is 26.6. The highest BCUT2D eigenvalue weighted by atomic mass is 35.5. The third kappa shape index (κ3) is 6.12. The van der Waals surface area contributed by atoms with E-state index in [1.807, 2.05) is 6.07 Å². The molecular formula is C23H23ClN2O4. The number of nitrogens with zero attached hydrogens (tertiary/aromatic N) is 1. The lowest BCUT2D eigenvalue weighted by atomic mass is 10.1. The van der Waals surface area contributed by atoms with Gasteiger partial charge in [0.25, 0.3) is 5.91 Å². The van der Waals surface area contributed by atoms with Crippen LogP contribution in [-0.2, 0) is 17.9 Å². The van der Waals surface area contributed by atoms with Crippen molar-refractivity contribution >= 4 is 23.4 Å². The van der Waals surface area contributed by atoms with Crippen molar-refractivity contribution in [1.82, 2.24) is 10.2 Å². The number of phenols is 1. The lowest BCUT2D eigenvalue weighted by Crippen LogP contribution is -2.31. The predicted octanol–water partition coefficient (Wildman–Crippen LogP) is 4.38. The number of phenolic OH excluding ortho intramolecular Hbond substituents is 1. The van der Waals surface area contributed by atoms with E-state index in [0.717, 1.165) is 0 Å². The number of hydrogen-bond acceptors (Lipinski definition) is 4. The minimum absolute atomic E-state index is 0.0876. The van der Waals surface area contributed by atoms with Gasteiger partial charge in [0.2, 0.25) is 5.91 Å². The van der Waals surface area contributed by atoms with E-state index in [4.69, 9.17) is 16.0 Å². The second-order valence-electron chi connectivity index (χ2n) is 6.82. The van der Waals surface area contributed by atoms with E-state index in [0.29, 0.717) is 41.4 Å². The van der Waals surface area contributed by atoms with Gasteiger partial charge in [0.15, 0.2) is 0 Å². The van der Waals surface area contributed by atoms with Crippen molar-refractivity contribution in [3.8, 4) is 5.75 Å². The van der Waals surface area contributed by atoms with Crippen molar-refractivity contribution in [3.63, 3.8) is 0 Å². The van der Waals surface area contributed by atoms with Gasteiger partial charge in [0.05, 0.1) is 12.8 Å². The van der Waals surface area contributed by atoms with Crippen molar-refractivity contribution in [1.29, 1.82) is 0 Å². The second-order valence-corrected chi connectivity index (χ2v) is 7.26. The Morgan fingerprint density at radius 1 is 1.00 bits per heavy atom. The highest BCUT2D eigenvalue weighted by molar-refractivity contribution is 6.30. The topological polar surface area (TPSA) is 82.8 Å². The third-order valence-corrected chi connectivity index (χ3v) is 4.84. The zero-order valence-corrected chi connectivity index (χ0v) is 17.1. The summed E-state index contributed by atoms with van der Waals surface area (Å²) < 4.78 is 5.37. The Kier molecular flexibility index (Phi) is 7.51. The molecule has 0 radical (unpaired) electrons. The Hall–Kier alpha value is -3.25. The maximum Gasteiger partial charge on any atom is 0.251 e. The summed E-state index contributed by atoms with van der Waals surface area (Å²) in [6.07, 6.45) is 2.31. The van der Waals surface area contributed by atoms with E-state index in [1.54, 1.807) is 65.8 Å². The first-order valence-corrected chi connectivity index (χ1v) is 10.0. The lowest BCUT2D eigenvalue weighted by Gasteiger charge is -2.22. The highest BCUT2D eigenvalue weighted by Crippen LogP contribution is 2.20. The van der Waals surface area contributed by atoms with Crippen LogP contribution in [0.4, 0.5) is 0 Å². The molecule has 3 rings (SSSR count). The molecule has 2 N–H and O–H groups in total. The van der Waals surface area contributed by atoms with Gasteiger partial charge >= 0.3 is 0 Å². The van der Waals surface area contributed by atoms with Crippen molar-refractivity contribution in [3.05, 3.63) is 88.8 Å². The molecule has 0 aliphatic heterocycles. The number of furan rings is 1. The van der Waals surface area contributed by atoms with E-state index < -0.39 is 0 Å². The average molecular weight is 427 g/mol. The third-order valence-electron chi connectivity index (χ3n) is 4.59. The van der Waals surface area contributed by atoms with E-state index in [-0.39, 0.29) is 30.5 Å². The van der Waals surface area contributed by atoms with Crippen molar-refractivity contribution in [2.45, 2.75) is 25.9 Å². The number of rotatable bonds is 9. The maximum atomic E-state index is 12.8. The minimum atomic E-state index is -0.208. The Balaban J connectivity index is 1.54. The summed E-state index contributed by atoms with van der Waals surface area (Å²) in [7, 11) is 0. The number of nitrogens with one attached hydrogen (secondary N) is 1. The zero-order valence-electron chi connectivity index (χ0n) is 16.4. The molecule has 0 bridgehead atoms. The molecule has 3 aromatic rings. The molecule has 0 saturated heterocycles. The van der Waals surface area contributed by atoms with Gasteiger partial charge in [-0.2, -0.15) is 0 Å². The van der Waals surface area contributed by atoms with E-state index in [9.17, 15) is 14.7 Å². The van der Waals surface area contributed by atoms with Gasteiger partial charge in [-0.1, -0.05) is 29.8 Å². The molecular weight excluding hydrogens is 404 g/mol. The molecule has 1 aromatic heterocycles. The molecule has 0 aliphatic rings. The Bertz CT molecular complexity index is 971. The summed E-state index contributed by atoms with van der Waals surface area (Å²) in [6.45, 7) is 0.943. The SMILES string of the molecule is O=C(NCCCC(=O)N(Cc1ccco1)Cc1ccccc1O)c1ccc(Cl)cc1. The summed E-state index contributed by atoms with van der Waals surface area (Å²) in [5.74, 6) is 0.510. The average Bonchev–Trinajstić information content (AvgIpc) is 3.25.